The van der Waals surface area contributed by atoms with Crippen molar-refractivity contribution in [1.29, 1.82) is 10.8 Å². The number of phenols is 1. The van der Waals surface area contributed by atoms with Crippen LogP contribution in [0.25, 0.3) is 0 Å². The molecule has 1 aromatic rings. The number of halogens is 1. The van der Waals surface area contributed by atoms with Gasteiger partial charge in [-0.2, -0.15) is 0 Å². The third kappa shape index (κ3) is 5.70. The molecule has 0 atom stereocenters. The largest absolute Gasteiger partial charge is 0.505 e. The second-order valence-electron chi connectivity index (χ2n) is 8.13. The maximum atomic E-state index is 10.2. The van der Waals surface area contributed by atoms with Crippen LogP contribution in [0.1, 0.15) is 65.5 Å². The Labute approximate surface area is 168 Å². The average molecular weight is 390 g/mol. The van der Waals surface area contributed by atoms with Crippen molar-refractivity contribution in [1.82, 2.24) is 0 Å². The Morgan fingerprint density at radius 2 is 1.52 bits per heavy atom. The zero-order valence-electron chi connectivity index (χ0n) is 17.2. The van der Waals surface area contributed by atoms with E-state index in [0.717, 1.165) is 18.4 Å². The summed E-state index contributed by atoms with van der Waals surface area (Å²) < 4.78 is 0. The van der Waals surface area contributed by atoms with Gasteiger partial charge in [-0.05, 0) is 53.5 Å². The Kier molecular flexibility index (Phi) is 7.44. The smallest absolute Gasteiger partial charge is 0.142 e. The van der Waals surface area contributed by atoms with E-state index in [2.05, 4.69) is 47.6 Å². The molecule has 4 nitrogen and oxygen atoms in total. The number of hydrogen-bond acceptors (Lipinski definition) is 4. The predicted molar refractivity (Wildman–Crippen MR) is 118 cm³/mol. The Bertz CT molecular complexity index is 789. The van der Waals surface area contributed by atoms with Crippen molar-refractivity contribution in [2.75, 3.05) is 5.73 Å². The molecular formula is C22H32ClN3O. The minimum Gasteiger partial charge on any atom is -0.505 e. The molecule has 0 spiro atoms. The van der Waals surface area contributed by atoms with Gasteiger partial charge in [0.15, 0.2) is 0 Å². The summed E-state index contributed by atoms with van der Waals surface area (Å²) in [6.45, 7) is 13.0. The fraction of sp³-hybridized carbons (Fsp3) is 0.455. The summed E-state index contributed by atoms with van der Waals surface area (Å²) >= 11 is 5.51. The zero-order valence-corrected chi connectivity index (χ0v) is 18.0. The molecule has 1 aromatic carbocycles. The Hall–Kier alpha value is -2.07. The molecule has 0 bridgehead atoms. The fourth-order valence-electron chi connectivity index (χ4n) is 2.47. The highest BCUT2D eigenvalue weighted by atomic mass is 35.5. The molecule has 148 valence electrons. The first kappa shape index (κ1) is 23.0. The highest BCUT2D eigenvalue weighted by Gasteiger charge is 2.27. The van der Waals surface area contributed by atoms with E-state index in [9.17, 15) is 5.11 Å². The van der Waals surface area contributed by atoms with Gasteiger partial charge < -0.3 is 10.8 Å². The molecule has 27 heavy (non-hydrogen) atoms. The molecule has 0 amide bonds. The molecule has 2 rings (SSSR count). The lowest BCUT2D eigenvalue weighted by Gasteiger charge is -2.30. The molecular weight excluding hydrogens is 358 g/mol. The Morgan fingerprint density at radius 1 is 0.963 bits per heavy atom. The number of benzene rings is 1. The van der Waals surface area contributed by atoms with Gasteiger partial charge in [-0.3, -0.25) is 10.8 Å². The number of nitrogens with two attached hydrogens (primary N) is 1. The molecule has 0 saturated carbocycles. The van der Waals surface area contributed by atoms with Crippen LogP contribution in [0.5, 0.6) is 5.75 Å². The molecule has 0 heterocycles. The van der Waals surface area contributed by atoms with E-state index >= 15 is 0 Å². The summed E-state index contributed by atoms with van der Waals surface area (Å²) in [4.78, 5) is 0. The lowest BCUT2D eigenvalue weighted by atomic mass is 9.76. The first-order chi connectivity index (χ1) is 12.4. The van der Waals surface area contributed by atoms with E-state index in [1.165, 1.54) is 17.7 Å². The quantitative estimate of drug-likeness (QED) is 0.286. The van der Waals surface area contributed by atoms with E-state index < -0.39 is 0 Å². The molecule has 5 heteroatoms. The Balaban J connectivity index is 0.000000337. The van der Waals surface area contributed by atoms with Gasteiger partial charge in [-0.25, -0.2) is 0 Å². The van der Waals surface area contributed by atoms with E-state index in [1.807, 2.05) is 6.07 Å². The first-order valence-electron chi connectivity index (χ1n) is 9.22. The van der Waals surface area contributed by atoms with Crippen LogP contribution in [-0.4, -0.2) is 16.5 Å². The van der Waals surface area contributed by atoms with Crippen molar-refractivity contribution in [2.45, 2.75) is 65.2 Å². The number of phenolic OH excluding ortho intramolecular Hbond substituents is 1. The van der Waals surface area contributed by atoms with Crippen molar-refractivity contribution < 1.29 is 5.11 Å². The predicted octanol–water partition coefficient (Wildman–Crippen LogP) is 6.07. The highest BCUT2D eigenvalue weighted by molar-refractivity contribution is 6.51. The summed E-state index contributed by atoms with van der Waals surface area (Å²) in [6, 6.07) is 4.03. The summed E-state index contributed by atoms with van der Waals surface area (Å²) in [5, 5.41) is 24.9. The van der Waals surface area contributed by atoms with Crippen LogP contribution in [0, 0.1) is 10.8 Å². The lowest BCUT2D eigenvalue weighted by Crippen LogP contribution is -2.21. The molecule has 0 aliphatic heterocycles. The number of rotatable bonds is 4. The number of nitrogens with one attached hydrogen (secondary N) is 2. The van der Waals surface area contributed by atoms with Crippen molar-refractivity contribution in [3.8, 4) is 5.75 Å². The number of hydrogen-bond donors (Lipinski definition) is 4. The van der Waals surface area contributed by atoms with Crippen LogP contribution in [0.15, 0.2) is 35.4 Å². The van der Waals surface area contributed by atoms with E-state index in [1.54, 1.807) is 6.08 Å². The lowest BCUT2D eigenvalue weighted by molar-refractivity contribution is 0.427. The molecule has 0 aromatic heterocycles. The summed E-state index contributed by atoms with van der Waals surface area (Å²) in [7, 11) is 0. The van der Waals surface area contributed by atoms with E-state index in [4.69, 9.17) is 28.2 Å². The molecule has 0 saturated heterocycles. The second kappa shape index (κ2) is 8.75. The normalized spacial score (nSPS) is 14.6. The number of anilines is 1. The van der Waals surface area contributed by atoms with Gasteiger partial charge in [0.1, 0.15) is 5.75 Å². The fourth-order valence-corrected chi connectivity index (χ4v) is 2.65. The second-order valence-corrected chi connectivity index (χ2v) is 8.56. The van der Waals surface area contributed by atoms with Gasteiger partial charge in [-0.15, -0.1) is 0 Å². The van der Waals surface area contributed by atoms with Crippen molar-refractivity contribution in [3.63, 3.8) is 0 Å². The SMILES string of the molecule is CCC(C)(C)c1cc(N)c(O)c(C(C)(C)CC)c1.N=C1C=CC(Cl)=CC1=N. The van der Waals surface area contributed by atoms with Crippen LogP contribution in [0.4, 0.5) is 5.69 Å². The van der Waals surface area contributed by atoms with Crippen LogP contribution < -0.4 is 5.73 Å². The van der Waals surface area contributed by atoms with Gasteiger partial charge in [0.05, 0.1) is 17.1 Å². The molecule has 0 radical (unpaired) electrons. The highest BCUT2D eigenvalue weighted by Crippen LogP contribution is 2.41. The number of nitrogen functional groups attached to an aromatic ring is 1. The first-order valence-corrected chi connectivity index (χ1v) is 9.59. The summed E-state index contributed by atoms with van der Waals surface area (Å²) in [5.41, 5.74) is 9.03. The van der Waals surface area contributed by atoms with Gasteiger partial charge in [-0.1, -0.05) is 59.2 Å². The van der Waals surface area contributed by atoms with Crippen LogP contribution in [-0.2, 0) is 10.8 Å². The molecule has 0 unspecified atom stereocenters. The van der Waals surface area contributed by atoms with Gasteiger partial charge in [0.2, 0.25) is 0 Å². The van der Waals surface area contributed by atoms with Crippen LogP contribution >= 0.6 is 11.6 Å². The minimum atomic E-state index is -0.0575. The van der Waals surface area contributed by atoms with E-state index in [0.29, 0.717) is 10.7 Å². The Morgan fingerprint density at radius 3 is 1.96 bits per heavy atom. The maximum Gasteiger partial charge on any atom is 0.142 e. The molecule has 5 N–H and O–H groups in total. The van der Waals surface area contributed by atoms with Crippen molar-refractivity contribution in [2.24, 2.45) is 0 Å². The van der Waals surface area contributed by atoms with Crippen molar-refractivity contribution >= 4 is 28.7 Å². The van der Waals surface area contributed by atoms with Crippen LogP contribution in [0.3, 0.4) is 0 Å². The van der Waals surface area contributed by atoms with Gasteiger partial charge >= 0.3 is 0 Å². The topological polar surface area (TPSA) is 93.9 Å². The van der Waals surface area contributed by atoms with Crippen molar-refractivity contribution in [3.05, 3.63) is 46.5 Å². The zero-order chi connectivity index (χ0) is 21.0. The number of allylic oxidation sites excluding steroid dienone is 4. The maximum absolute atomic E-state index is 10.2. The van der Waals surface area contributed by atoms with Gasteiger partial charge in [0.25, 0.3) is 0 Å². The summed E-state index contributed by atoms with van der Waals surface area (Å²) in [6.07, 6.45) is 6.57. The molecule has 0 fully saturated rings. The van der Waals surface area contributed by atoms with Crippen LogP contribution in [0.2, 0.25) is 0 Å². The van der Waals surface area contributed by atoms with E-state index in [-0.39, 0.29) is 28.0 Å². The monoisotopic (exact) mass is 389 g/mol. The number of aromatic hydroxyl groups is 1. The standard InChI is InChI=1S/C16H27NO.C6H5ClN2/c1-7-15(3,4)11-9-12(16(5,6)8-2)14(18)13(17)10-11;7-4-1-2-5(8)6(9)3-4/h9-10,18H,7-8,17H2,1-6H3;1-3,8-9H. The third-order valence-corrected chi connectivity index (χ3v) is 5.63. The molecule has 1 aliphatic rings. The summed E-state index contributed by atoms with van der Waals surface area (Å²) in [5.74, 6) is 0.248. The van der Waals surface area contributed by atoms with Gasteiger partial charge in [0, 0.05) is 10.6 Å². The minimum absolute atomic E-state index is 0.0575. The third-order valence-electron chi connectivity index (χ3n) is 5.40. The average Bonchev–Trinajstić information content (AvgIpc) is 2.60. The molecule has 1 aliphatic carbocycles.